The number of benzene rings is 2. The van der Waals surface area contributed by atoms with Gasteiger partial charge in [-0.05, 0) is 55.3 Å². The van der Waals surface area contributed by atoms with E-state index in [0.717, 1.165) is 48.2 Å². The van der Waals surface area contributed by atoms with Crippen molar-refractivity contribution in [3.05, 3.63) is 47.0 Å². The van der Waals surface area contributed by atoms with E-state index in [9.17, 15) is 4.79 Å². The van der Waals surface area contributed by atoms with Gasteiger partial charge in [0.05, 0.1) is 23.4 Å². The topological polar surface area (TPSA) is 64.1 Å². The number of carbonyl (C=O) groups is 1. The lowest BCUT2D eigenvalue weighted by molar-refractivity contribution is 0.0391. The quantitative estimate of drug-likeness (QED) is 0.588. The summed E-state index contributed by atoms with van der Waals surface area (Å²) in [5, 5.41) is 0.721. The van der Waals surface area contributed by atoms with Gasteiger partial charge in [-0.1, -0.05) is 11.3 Å². The molecule has 3 heterocycles. The van der Waals surface area contributed by atoms with Crippen molar-refractivity contribution in [3.8, 4) is 11.5 Å². The van der Waals surface area contributed by atoms with E-state index in [0.29, 0.717) is 36.8 Å². The molecule has 2 aromatic carbocycles. The number of carbonyl (C=O) groups excluding carboxylic acids is 1. The molecule has 5 rings (SSSR count). The number of ether oxygens (including phenoxy) is 3. The number of fused-ring (bicyclic) bond motifs is 2. The minimum absolute atomic E-state index is 0.0808. The van der Waals surface area contributed by atoms with Crippen molar-refractivity contribution in [2.24, 2.45) is 0 Å². The predicted molar refractivity (Wildman–Crippen MR) is 125 cm³/mol. The normalized spacial score (nSPS) is 16.3. The Morgan fingerprint density at radius 1 is 1.03 bits per heavy atom. The Hall–Kier alpha value is -2.68. The SMILES string of the molecule is Cc1cc2nc(N(CCN3CCOCC3)C(=O)c3ccc4c(c3)OCCO4)sc2cc1C. The summed E-state index contributed by atoms with van der Waals surface area (Å²) in [5.41, 5.74) is 3.93. The number of hydrogen-bond acceptors (Lipinski definition) is 7. The first kappa shape index (κ1) is 21.2. The number of aromatic nitrogens is 1. The summed E-state index contributed by atoms with van der Waals surface area (Å²) in [5.74, 6) is 1.21. The number of rotatable bonds is 5. The van der Waals surface area contributed by atoms with Gasteiger partial charge < -0.3 is 14.2 Å². The molecule has 0 atom stereocenters. The molecule has 3 aromatic rings. The maximum absolute atomic E-state index is 13.7. The molecule has 2 aliphatic heterocycles. The molecule has 1 fully saturated rings. The molecular weight excluding hydrogens is 426 g/mol. The number of hydrogen-bond donors (Lipinski definition) is 0. The number of anilines is 1. The van der Waals surface area contributed by atoms with Gasteiger partial charge in [0.1, 0.15) is 13.2 Å². The van der Waals surface area contributed by atoms with E-state index >= 15 is 0 Å². The molecule has 1 aromatic heterocycles. The summed E-state index contributed by atoms with van der Waals surface area (Å²) >= 11 is 1.56. The van der Waals surface area contributed by atoms with Crippen molar-refractivity contribution in [1.29, 1.82) is 0 Å². The van der Waals surface area contributed by atoms with Crippen molar-refractivity contribution < 1.29 is 19.0 Å². The van der Waals surface area contributed by atoms with Gasteiger partial charge in [-0.25, -0.2) is 4.98 Å². The van der Waals surface area contributed by atoms with Crippen molar-refractivity contribution in [1.82, 2.24) is 9.88 Å². The Labute approximate surface area is 191 Å². The lowest BCUT2D eigenvalue weighted by Gasteiger charge is -2.29. The second kappa shape index (κ2) is 9.05. The van der Waals surface area contributed by atoms with Crippen LogP contribution >= 0.6 is 11.3 Å². The molecule has 1 saturated heterocycles. The van der Waals surface area contributed by atoms with Crippen LogP contribution in [0.4, 0.5) is 5.13 Å². The fourth-order valence-corrected chi connectivity index (χ4v) is 5.04. The van der Waals surface area contributed by atoms with E-state index in [2.05, 4.69) is 30.9 Å². The van der Waals surface area contributed by atoms with Gasteiger partial charge in [0, 0.05) is 31.7 Å². The van der Waals surface area contributed by atoms with Crippen LogP contribution in [0.5, 0.6) is 11.5 Å². The molecular formula is C24H27N3O4S. The second-order valence-electron chi connectivity index (χ2n) is 8.17. The molecule has 1 amide bonds. The standard InChI is InChI=1S/C24H27N3O4S/c1-16-13-19-22(14-17(16)2)32-24(25-19)27(6-5-26-7-9-29-10-8-26)23(28)18-3-4-20-21(15-18)31-12-11-30-20/h3-4,13-15H,5-12H2,1-2H3. The summed E-state index contributed by atoms with van der Waals surface area (Å²) in [6, 6.07) is 9.65. The highest BCUT2D eigenvalue weighted by atomic mass is 32.1. The minimum Gasteiger partial charge on any atom is -0.486 e. The maximum Gasteiger partial charge on any atom is 0.260 e. The number of morpholine rings is 1. The van der Waals surface area contributed by atoms with E-state index in [1.54, 1.807) is 28.4 Å². The van der Waals surface area contributed by atoms with E-state index in [1.807, 2.05) is 6.07 Å². The van der Waals surface area contributed by atoms with Crippen LogP contribution in [0.1, 0.15) is 21.5 Å². The molecule has 2 aliphatic rings. The predicted octanol–water partition coefficient (Wildman–Crippen LogP) is 3.66. The summed E-state index contributed by atoms with van der Waals surface area (Å²) in [6.07, 6.45) is 0. The van der Waals surface area contributed by atoms with Gasteiger partial charge in [0.2, 0.25) is 0 Å². The Morgan fingerprint density at radius 2 is 1.78 bits per heavy atom. The van der Waals surface area contributed by atoms with E-state index in [-0.39, 0.29) is 5.91 Å². The van der Waals surface area contributed by atoms with Crippen LogP contribution in [-0.2, 0) is 4.74 Å². The van der Waals surface area contributed by atoms with E-state index in [4.69, 9.17) is 19.2 Å². The zero-order valence-electron chi connectivity index (χ0n) is 18.4. The van der Waals surface area contributed by atoms with Gasteiger partial charge in [-0.15, -0.1) is 0 Å². The molecule has 0 bridgehead atoms. The number of aryl methyl sites for hydroxylation is 2. The van der Waals surface area contributed by atoms with Crippen LogP contribution in [0.25, 0.3) is 10.2 Å². The Balaban J connectivity index is 1.46. The zero-order chi connectivity index (χ0) is 22.1. The van der Waals surface area contributed by atoms with Crippen LogP contribution in [-0.4, -0.2) is 68.4 Å². The van der Waals surface area contributed by atoms with Crippen molar-refractivity contribution in [2.45, 2.75) is 13.8 Å². The molecule has 0 saturated carbocycles. The largest absolute Gasteiger partial charge is 0.486 e. The average molecular weight is 454 g/mol. The maximum atomic E-state index is 13.7. The Morgan fingerprint density at radius 3 is 2.59 bits per heavy atom. The molecule has 0 aliphatic carbocycles. The van der Waals surface area contributed by atoms with E-state index in [1.165, 1.54) is 11.1 Å². The second-order valence-corrected chi connectivity index (χ2v) is 9.18. The average Bonchev–Trinajstić information content (AvgIpc) is 3.22. The van der Waals surface area contributed by atoms with Crippen LogP contribution in [0.2, 0.25) is 0 Å². The zero-order valence-corrected chi connectivity index (χ0v) is 19.2. The number of nitrogens with zero attached hydrogens (tertiary/aromatic N) is 3. The number of amides is 1. The van der Waals surface area contributed by atoms with Gasteiger partial charge in [0.25, 0.3) is 5.91 Å². The van der Waals surface area contributed by atoms with Crippen LogP contribution in [0.3, 0.4) is 0 Å². The number of thiazole rings is 1. The smallest absolute Gasteiger partial charge is 0.260 e. The van der Waals surface area contributed by atoms with Gasteiger partial charge >= 0.3 is 0 Å². The molecule has 0 radical (unpaired) electrons. The first-order valence-electron chi connectivity index (χ1n) is 11.0. The van der Waals surface area contributed by atoms with Crippen molar-refractivity contribution in [3.63, 3.8) is 0 Å². The molecule has 0 spiro atoms. The Bertz CT molecular complexity index is 1100. The third-order valence-corrected chi connectivity index (χ3v) is 7.04. The third-order valence-electron chi connectivity index (χ3n) is 6.00. The lowest BCUT2D eigenvalue weighted by atomic mass is 10.1. The van der Waals surface area contributed by atoms with Crippen LogP contribution in [0, 0.1) is 13.8 Å². The van der Waals surface area contributed by atoms with Crippen LogP contribution in [0.15, 0.2) is 30.3 Å². The third kappa shape index (κ3) is 4.30. The molecule has 8 heteroatoms. The van der Waals surface area contributed by atoms with Crippen LogP contribution < -0.4 is 14.4 Å². The highest BCUT2D eigenvalue weighted by molar-refractivity contribution is 7.22. The van der Waals surface area contributed by atoms with Crippen molar-refractivity contribution >= 4 is 32.6 Å². The lowest BCUT2D eigenvalue weighted by Crippen LogP contribution is -2.43. The molecule has 7 nitrogen and oxygen atoms in total. The summed E-state index contributed by atoms with van der Waals surface area (Å²) < 4.78 is 17.9. The summed E-state index contributed by atoms with van der Waals surface area (Å²) in [4.78, 5) is 22.6. The first-order valence-corrected chi connectivity index (χ1v) is 11.8. The van der Waals surface area contributed by atoms with Crippen molar-refractivity contribution in [2.75, 3.05) is 57.5 Å². The fourth-order valence-electron chi connectivity index (χ4n) is 3.97. The molecule has 32 heavy (non-hydrogen) atoms. The van der Waals surface area contributed by atoms with Gasteiger partial charge in [-0.3, -0.25) is 14.6 Å². The summed E-state index contributed by atoms with van der Waals surface area (Å²) in [6.45, 7) is 9.76. The van der Waals surface area contributed by atoms with E-state index < -0.39 is 0 Å². The Kier molecular flexibility index (Phi) is 5.99. The highest BCUT2D eigenvalue weighted by Crippen LogP contribution is 2.34. The minimum atomic E-state index is -0.0808. The molecule has 0 unspecified atom stereocenters. The summed E-state index contributed by atoms with van der Waals surface area (Å²) in [7, 11) is 0. The monoisotopic (exact) mass is 453 g/mol. The first-order chi connectivity index (χ1) is 15.6. The van der Waals surface area contributed by atoms with Gasteiger partial charge in [0.15, 0.2) is 16.6 Å². The highest BCUT2D eigenvalue weighted by Gasteiger charge is 2.24. The molecule has 168 valence electrons. The van der Waals surface area contributed by atoms with Gasteiger partial charge in [-0.2, -0.15) is 0 Å². The molecule has 0 N–H and O–H groups in total. The fraction of sp³-hybridized carbons (Fsp3) is 0.417.